The number of ether oxygens (including phenoxy) is 1. The molecule has 0 unspecified atom stereocenters. The number of hydrogen-bond donors (Lipinski definition) is 1. The lowest BCUT2D eigenvalue weighted by Crippen LogP contribution is -2.47. The summed E-state index contributed by atoms with van der Waals surface area (Å²) in [5, 5.41) is 9.63. The molecule has 0 atom stereocenters. The first-order chi connectivity index (χ1) is 12.1. The highest BCUT2D eigenvalue weighted by molar-refractivity contribution is 6.02. The minimum Gasteiger partial charge on any atom is -0.478 e. The van der Waals surface area contributed by atoms with Gasteiger partial charge in [0.2, 0.25) is 0 Å². The van der Waals surface area contributed by atoms with E-state index in [0.29, 0.717) is 18.5 Å². The first-order valence-electron chi connectivity index (χ1n) is 8.42. The Labute approximate surface area is 150 Å². The Morgan fingerprint density at radius 1 is 1.38 bits per heavy atom. The summed E-state index contributed by atoms with van der Waals surface area (Å²) in [5.74, 6) is -1.70. The molecule has 1 aliphatic rings. The van der Waals surface area contributed by atoms with Gasteiger partial charge in [-0.25, -0.2) is 19.0 Å². The molecule has 1 amide bonds. The Morgan fingerprint density at radius 3 is 2.62 bits per heavy atom. The van der Waals surface area contributed by atoms with Crippen LogP contribution in [0, 0.1) is 5.82 Å². The van der Waals surface area contributed by atoms with E-state index in [4.69, 9.17) is 4.74 Å². The van der Waals surface area contributed by atoms with Crippen LogP contribution in [0.2, 0.25) is 0 Å². The van der Waals surface area contributed by atoms with Crippen molar-refractivity contribution in [2.24, 2.45) is 0 Å². The molecule has 0 aliphatic heterocycles. The number of rotatable bonds is 3. The van der Waals surface area contributed by atoms with Gasteiger partial charge in [0.15, 0.2) is 0 Å². The maximum atomic E-state index is 13.5. The van der Waals surface area contributed by atoms with Gasteiger partial charge in [-0.3, -0.25) is 0 Å². The molecule has 2 aromatic rings. The first kappa shape index (κ1) is 18.2. The van der Waals surface area contributed by atoms with Crippen LogP contribution in [-0.4, -0.2) is 50.3 Å². The number of carbonyl (C=O) groups excluding carboxylic acids is 1. The molecule has 0 saturated heterocycles. The monoisotopic (exact) mass is 363 g/mol. The highest BCUT2D eigenvalue weighted by Gasteiger charge is 2.38. The zero-order valence-electron chi connectivity index (χ0n) is 15.2. The minimum atomic E-state index is -1.12. The lowest BCUT2D eigenvalue weighted by molar-refractivity contribution is 0.00809. The summed E-state index contributed by atoms with van der Waals surface area (Å²) in [7, 11) is 1.69. The molecule has 8 heteroatoms. The smallest absolute Gasteiger partial charge is 0.410 e. The Kier molecular flexibility index (Phi) is 4.37. The van der Waals surface area contributed by atoms with Crippen LogP contribution in [0.3, 0.4) is 0 Å². The van der Waals surface area contributed by atoms with E-state index in [1.165, 1.54) is 12.3 Å². The lowest BCUT2D eigenvalue weighted by Gasteiger charge is -2.42. The normalized spacial score (nSPS) is 19.9. The number of halogens is 1. The van der Waals surface area contributed by atoms with E-state index in [1.807, 2.05) is 20.8 Å². The third-order valence-corrected chi connectivity index (χ3v) is 4.58. The molecule has 2 heterocycles. The largest absolute Gasteiger partial charge is 0.478 e. The zero-order chi connectivity index (χ0) is 19.2. The predicted molar refractivity (Wildman–Crippen MR) is 92.7 cm³/mol. The van der Waals surface area contributed by atoms with Gasteiger partial charge in [-0.2, -0.15) is 0 Å². The Hall–Kier alpha value is -2.64. The third-order valence-electron chi connectivity index (χ3n) is 4.58. The Morgan fingerprint density at radius 2 is 2.04 bits per heavy atom. The van der Waals surface area contributed by atoms with Gasteiger partial charge in [0.1, 0.15) is 17.1 Å². The van der Waals surface area contributed by atoms with E-state index in [1.54, 1.807) is 16.5 Å². The fourth-order valence-corrected chi connectivity index (χ4v) is 3.14. The van der Waals surface area contributed by atoms with Gasteiger partial charge in [0.25, 0.3) is 0 Å². The number of aromatic nitrogens is 2. The number of pyridine rings is 1. The van der Waals surface area contributed by atoms with Crippen molar-refractivity contribution < 1.29 is 23.8 Å². The van der Waals surface area contributed by atoms with Crippen LogP contribution in [-0.2, 0) is 4.74 Å². The number of nitrogens with zero attached hydrogens (tertiary/aromatic N) is 3. The van der Waals surface area contributed by atoms with E-state index in [9.17, 15) is 19.1 Å². The van der Waals surface area contributed by atoms with Crippen molar-refractivity contribution in [3.05, 3.63) is 29.8 Å². The van der Waals surface area contributed by atoms with Crippen molar-refractivity contribution >= 4 is 23.1 Å². The summed E-state index contributed by atoms with van der Waals surface area (Å²) in [4.78, 5) is 29.2. The SMILES string of the molecule is CN(C(=O)OC(C)(C)C)C1CC(n2cc(C(=O)O)c3cc(F)cnc32)C1. The quantitative estimate of drug-likeness (QED) is 0.903. The van der Waals surface area contributed by atoms with Crippen molar-refractivity contribution in [1.82, 2.24) is 14.5 Å². The maximum absolute atomic E-state index is 13.5. The molecule has 26 heavy (non-hydrogen) atoms. The number of hydrogen-bond acceptors (Lipinski definition) is 4. The van der Waals surface area contributed by atoms with Gasteiger partial charge in [0.05, 0.1) is 11.8 Å². The second-order valence-corrected chi connectivity index (χ2v) is 7.65. The van der Waals surface area contributed by atoms with Crippen LogP contribution >= 0.6 is 0 Å². The topological polar surface area (TPSA) is 84.7 Å². The lowest BCUT2D eigenvalue weighted by atomic mass is 9.85. The molecule has 2 aromatic heterocycles. The van der Waals surface area contributed by atoms with Gasteiger partial charge >= 0.3 is 12.1 Å². The maximum Gasteiger partial charge on any atom is 0.410 e. The molecule has 1 N–H and O–H groups in total. The van der Waals surface area contributed by atoms with Gasteiger partial charge in [0, 0.05) is 30.7 Å². The highest BCUT2D eigenvalue weighted by Crippen LogP contribution is 2.38. The average Bonchev–Trinajstić information content (AvgIpc) is 2.82. The summed E-state index contributed by atoms with van der Waals surface area (Å²) >= 11 is 0. The molecule has 1 fully saturated rings. The fourth-order valence-electron chi connectivity index (χ4n) is 3.14. The molecule has 140 valence electrons. The molecular formula is C18H22FN3O4. The Balaban J connectivity index is 1.77. The van der Waals surface area contributed by atoms with Gasteiger partial charge < -0.3 is 19.3 Å². The molecule has 0 bridgehead atoms. The van der Waals surface area contributed by atoms with E-state index in [2.05, 4.69) is 4.98 Å². The summed E-state index contributed by atoms with van der Waals surface area (Å²) in [6.07, 6.45) is 3.49. The summed E-state index contributed by atoms with van der Waals surface area (Å²) in [5.41, 5.74) is -0.0988. The predicted octanol–water partition coefficient (Wildman–Crippen LogP) is 3.44. The van der Waals surface area contributed by atoms with Crippen LogP contribution in [0.5, 0.6) is 0 Å². The van der Waals surface area contributed by atoms with E-state index in [0.717, 1.165) is 6.20 Å². The number of carbonyl (C=O) groups is 2. The molecule has 7 nitrogen and oxygen atoms in total. The standard InChI is InChI=1S/C18H22FN3O4/c1-18(2,3)26-17(25)21(4)11-6-12(7-11)22-9-14(16(23)24)13-5-10(19)8-20-15(13)22/h5,8-9,11-12H,6-7H2,1-4H3,(H,23,24). The average molecular weight is 363 g/mol. The van der Waals surface area contributed by atoms with Gasteiger partial charge in [-0.05, 0) is 39.7 Å². The van der Waals surface area contributed by atoms with Crippen LogP contribution < -0.4 is 0 Å². The molecule has 0 spiro atoms. The fraction of sp³-hybridized carbons (Fsp3) is 0.500. The van der Waals surface area contributed by atoms with Gasteiger partial charge in [-0.1, -0.05) is 0 Å². The molecular weight excluding hydrogens is 341 g/mol. The van der Waals surface area contributed by atoms with Crippen LogP contribution in [0.25, 0.3) is 11.0 Å². The van der Waals surface area contributed by atoms with Crippen molar-refractivity contribution in [3.8, 4) is 0 Å². The number of amides is 1. The van der Waals surface area contributed by atoms with E-state index >= 15 is 0 Å². The molecule has 3 rings (SSSR count). The number of carboxylic acid groups (broad SMARTS) is 1. The van der Waals surface area contributed by atoms with Crippen molar-refractivity contribution in [2.75, 3.05) is 7.05 Å². The summed E-state index contributed by atoms with van der Waals surface area (Å²) in [6.45, 7) is 5.44. The third kappa shape index (κ3) is 3.36. The van der Waals surface area contributed by atoms with Crippen LogP contribution in [0.1, 0.15) is 50.0 Å². The second kappa shape index (κ2) is 6.26. The molecule has 1 saturated carbocycles. The number of fused-ring (bicyclic) bond motifs is 1. The summed E-state index contributed by atoms with van der Waals surface area (Å²) in [6, 6.07) is 1.19. The molecule has 0 radical (unpaired) electrons. The van der Waals surface area contributed by atoms with Gasteiger partial charge in [-0.15, -0.1) is 0 Å². The Bertz CT molecular complexity index is 865. The number of carboxylic acids is 1. The highest BCUT2D eigenvalue weighted by atomic mass is 19.1. The second-order valence-electron chi connectivity index (χ2n) is 7.65. The zero-order valence-corrected chi connectivity index (χ0v) is 15.2. The van der Waals surface area contributed by atoms with Crippen LogP contribution in [0.4, 0.5) is 9.18 Å². The van der Waals surface area contributed by atoms with Crippen molar-refractivity contribution in [3.63, 3.8) is 0 Å². The minimum absolute atomic E-state index is 0.000950. The van der Waals surface area contributed by atoms with E-state index < -0.39 is 17.4 Å². The first-order valence-corrected chi connectivity index (χ1v) is 8.42. The van der Waals surface area contributed by atoms with E-state index in [-0.39, 0.29) is 29.1 Å². The molecule has 0 aromatic carbocycles. The van der Waals surface area contributed by atoms with Crippen molar-refractivity contribution in [1.29, 1.82) is 0 Å². The molecule has 1 aliphatic carbocycles. The summed E-state index contributed by atoms with van der Waals surface area (Å²) < 4.78 is 20.6. The number of aromatic carboxylic acids is 1. The van der Waals surface area contributed by atoms with Crippen LogP contribution in [0.15, 0.2) is 18.5 Å². The van der Waals surface area contributed by atoms with Crippen molar-refractivity contribution in [2.45, 2.75) is 51.3 Å².